The molecule has 10 heteroatoms. The van der Waals surface area contributed by atoms with Crippen LogP contribution in [0.15, 0.2) is 51.1 Å². The number of para-hydroxylation sites is 1. The first-order valence-electron chi connectivity index (χ1n) is 7.97. The second kappa shape index (κ2) is 7.97. The number of amides is 1. The zero-order valence-corrected chi connectivity index (χ0v) is 15.4. The highest BCUT2D eigenvalue weighted by Gasteiger charge is 2.13. The Hall–Kier alpha value is -3.59. The molecule has 144 valence electrons. The lowest BCUT2D eigenvalue weighted by atomic mass is 10.2. The van der Waals surface area contributed by atoms with Crippen molar-refractivity contribution in [3.05, 3.63) is 67.8 Å². The summed E-state index contributed by atoms with van der Waals surface area (Å²) in [6.45, 7) is -0.407. The molecule has 0 aliphatic heterocycles. The minimum absolute atomic E-state index is 0.139. The van der Waals surface area contributed by atoms with Crippen molar-refractivity contribution in [3.63, 3.8) is 0 Å². The van der Waals surface area contributed by atoms with Gasteiger partial charge >= 0.3 is 5.69 Å². The first-order valence-corrected chi connectivity index (χ1v) is 8.35. The van der Waals surface area contributed by atoms with E-state index in [1.165, 1.54) is 25.5 Å². The SMILES string of the molecule is COc1cc(Cl)cc(C=Nn2c(=O)[nH]c3ccccc3c2=O)c1OCC(N)=O. The number of carbonyl (C=O) groups excluding carboxylic acids is 1. The van der Waals surface area contributed by atoms with Crippen LogP contribution in [0, 0.1) is 0 Å². The van der Waals surface area contributed by atoms with E-state index in [-0.39, 0.29) is 17.1 Å². The molecule has 1 aromatic heterocycles. The van der Waals surface area contributed by atoms with E-state index in [0.717, 1.165) is 0 Å². The van der Waals surface area contributed by atoms with Gasteiger partial charge < -0.3 is 20.2 Å². The highest BCUT2D eigenvalue weighted by atomic mass is 35.5. The third kappa shape index (κ3) is 3.89. The zero-order chi connectivity index (χ0) is 20.3. The lowest BCUT2D eigenvalue weighted by Crippen LogP contribution is -2.32. The number of carbonyl (C=O) groups is 1. The maximum Gasteiger partial charge on any atom is 0.349 e. The van der Waals surface area contributed by atoms with Crippen LogP contribution in [-0.2, 0) is 4.79 Å². The van der Waals surface area contributed by atoms with Crippen molar-refractivity contribution in [2.45, 2.75) is 0 Å². The molecule has 0 fully saturated rings. The maximum absolute atomic E-state index is 12.5. The third-order valence-electron chi connectivity index (χ3n) is 3.72. The molecule has 0 atom stereocenters. The van der Waals surface area contributed by atoms with E-state index in [4.69, 9.17) is 26.8 Å². The summed E-state index contributed by atoms with van der Waals surface area (Å²) in [6, 6.07) is 9.52. The van der Waals surface area contributed by atoms with Gasteiger partial charge in [-0.25, -0.2) is 4.79 Å². The standard InChI is InChI=1S/C18H15ClN4O5/c1-27-14-7-11(19)6-10(16(14)28-9-15(20)24)8-21-23-17(25)12-4-2-3-5-13(12)22-18(23)26/h2-8H,9H2,1H3,(H2,20,24)(H,22,26). The minimum Gasteiger partial charge on any atom is -0.493 e. The minimum atomic E-state index is -0.714. The number of aromatic nitrogens is 2. The van der Waals surface area contributed by atoms with Gasteiger partial charge in [-0.1, -0.05) is 23.7 Å². The Balaban J connectivity index is 2.11. The Morgan fingerprint density at radius 3 is 2.79 bits per heavy atom. The summed E-state index contributed by atoms with van der Waals surface area (Å²) in [5.74, 6) is -0.322. The summed E-state index contributed by atoms with van der Waals surface area (Å²) in [4.78, 5) is 38.4. The lowest BCUT2D eigenvalue weighted by Gasteiger charge is -2.12. The summed E-state index contributed by atoms with van der Waals surface area (Å²) < 4.78 is 11.2. The van der Waals surface area contributed by atoms with Crippen molar-refractivity contribution in [2.75, 3.05) is 13.7 Å². The number of ether oxygens (including phenoxy) is 2. The number of nitrogens with two attached hydrogens (primary N) is 1. The molecule has 1 heterocycles. The van der Waals surface area contributed by atoms with Crippen molar-refractivity contribution in [3.8, 4) is 11.5 Å². The van der Waals surface area contributed by atoms with E-state index in [0.29, 0.717) is 20.6 Å². The van der Waals surface area contributed by atoms with E-state index in [1.807, 2.05) is 0 Å². The molecule has 0 saturated heterocycles. The molecule has 1 amide bonds. The van der Waals surface area contributed by atoms with Crippen molar-refractivity contribution in [1.29, 1.82) is 0 Å². The normalized spacial score (nSPS) is 11.1. The van der Waals surface area contributed by atoms with Gasteiger partial charge in [-0.05, 0) is 18.2 Å². The molecule has 0 unspecified atom stereocenters. The molecule has 0 aliphatic rings. The topological polar surface area (TPSA) is 129 Å². The van der Waals surface area contributed by atoms with Crippen LogP contribution in [0.25, 0.3) is 10.9 Å². The third-order valence-corrected chi connectivity index (χ3v) is 3.94. The van der Waals surface area contributed by atoms with Crippen LogP contribution in [-0.4, -0.2) is 35.5 Å². The van der Waals surface area contributed by atoms with Gasteiger partial charge in [0.05, 0.1) is 24.2 Å². The molecule has 3 N–H and O–H groups in total. The number of hydrogen-bond acceptors (Lipinski definition) is 6. The largest absolute Gasteiger partial charge is 0.493 e. The number of benzene rings is 2. The van der Waals surface area contributed by atoms with Crippen molar-refractivity contribution in [1.82, 2.24) is 9.66 Å². The number of halogens is 1. The second-order valence-corrected chi connectivity index (χ2v) is 6.06. The van der Waals surface area contributed by atoms with Gasteiger partial charge in [-0.3, -0.25) is 9.59 Å². The van der Waals surface area contributed by atoms with Crippen molar-refractivity contribution >= 4 is 34.6 Å². The monoisotopic (exact) mass is 402 g/mol. The molecule has 3 rings (SSSR count). The van der Waals surface area contributed by atoms with Gasteiger partial charge in [0, 0.05) is 16.7 Å². The van der Waals surface area contributed by atoms with Crippen LogP contribution in [0.1, 0.15) is 5.56 Å². The van der Waals surface area contributed by atoms with Crippen LogP contribution in [0.4, 0.5) is 0 Å². The quantitative estimate of drug-likeness (QED) is 0.596. The van der Waals surface area contributed by atoms with E-state index in [1.54, 1.807) is 24.3 Å². The summed E-state index contributed by atoms with van der Waals surface area (Å²) in [5.41, 5.74) is 4.49. The van der Waals surface area contributed by atoms with Gasteiger partial charge in [-0.15, -0.1) is 4.68 Å². The Kier molecular flexibility index (Phi) is 5.46. The van der Waals surface area contributed by atoms with Gasteiger partial charge in [0.2, 0.25) is 0 Å². The van der Waals surface area contributed by atoms with E-state index >= 15 is 0 Å². The Labute approximate surface area is 162 Å². The summed E-state index contributed by atoms with van der Waals surface area (Å²) >= 11 is 6.06. The van der Waals surface area contributed by atoms with Gasteiger partial charge in [-0.2, -0.15) is 5.10 Å². The smallest absolute Gasteiger partial charge is 0.349 e. The van der Waals surface area contributed by atoms with Gasteiger partial charge in [0.1, 0.15) is 0 Å². The fraction of sp³-hybridized carbons (Fsp3) is 0.111. The fourth-order valence-corrected chi connectivity index (χ4v) is 2.73. The molecule has 2 aromatic carbocycles. The molecule has 9 nitrogen and oxygen atoms in total. The number of aromatic amines is 1. The first kappa shape index (κ1) is 19.2. The average Bonchev–Trinajstić information content (AvgIpc) is 2.66. The predicted molar refractivity (Wildman–Crippen MR) is 105 cm³/mol. The number of hydrogen-bond donors (Lipinski definition) is 2. The number of nitrogens with zero attached hydrogens (tertiary/aromatic N) is 2. The molecule has 0 radical (unpaired) electrons. The highest BCUT2D eigenvalue weighted by molar-refractivity contribution is 6.31. The summed E-state index contributed by atoms with van der Waals surface area (Å²) in [5, 5.41) is 4.55. The molecular formula is C18H15ClN4O5. The molecular weight excluding hydrogens is 388 g/mol. The van der Waals surface area contributed by atoms with Gasteiger partial charge in [0.15, 0.2) is 18.1 Å². The van der Waals surface area contributed by atoms with Crippen LogP contribution in [0.3, 0.4) is 0 Å². The first-order chi connectivity index (χ1) is 13.4. The van der Waals surface area contributed by atoms with Crippen LogP contribution < -0.4 is 26.5 Å². The number of primary amides is 1. The summed E-state index contributed by atoms with van der Waals surface area (Å²) in [6.07, 6.45) is 1.20. The highest BCUT2D eigenvalue weighted by Crippen LogP contribution is 2.33. The molecule has 0 aliphatic carbocycles. The average molecular weight is 403 g/mol. The number of rotatable bonds is 6. The van der Waals surface area contributed by atoms with E-state index in [2.05, 4.69) is 10.1 Å². The van der Waals surface area contributed by atoms with Gasteiger partial charge in [0.25, 0.3) is 11.5 Å². The number of methoxy groups -OCH3 is 1. The number of H-pyrrole nitrogens is 1. The van der Waals surface area contributed by atoms with Crippen LogP contribution in [0.5, 0.6) is 11.5 Å². The van der Waals surface area contributed by atoms with Crippen LogP contribution >= 0.6 is 11.6 Å². The Morgan fingerprint density at radius 1 is 1.32 bits per heavy atom. The number of nitrogens with one attached hydrogen (secondary N) is 1. The van der Waals surface area contributed by atoms with Crippen molar-refractivity contribution in [2.24, 2.45) is 10.8 Å². The fourth-order valence-electron chi connectivity index (χ4n) is 2.51. The predicted octanol–water partition coefficient (Wildman–Crippen LogP) is 1.10. The van der Waals surface area contributed by atoms with Crippen LogP contribution in [0.2, 0.25) is 5.02 Å². The van der Waals surface area contributed by atoms with E-state index < -0.39 is 23.8 Å². The molecule has 0 bridgehead atoms. The maximum atomic E-state index is 12.5. The number of fused-ring (bicyclic) bond motifs is 1. The zero-order valence-electron chi connectivity index (χ0n) is 14.6. The molecule has 28 heavy (non-hydrogen) atoms. The lowest BCUT2D eigenvalue weighted by molar-refractivity contribution is -0.119. The molecule has 0 spiro atoms. The second-order valence-electron chi connectivity index (χ2n) is 5.62. The van der Waals surface area contributed by atoms with Crippen molar-refractivity contribution < 1.29 is 14.3 Å². The Morgan fingerprint density at radius 2 is 2.07 bits per heavy atom. The molecule has 0 saturated carbocycles. The van der Waals surface area contributed by atoms with E-state index in [9.17, 15) is 14.4 Å². The Bertz CT molecular complexity index is 1200. The molecule has 3 aromatic rings. The summed E-state index contributed by atoms with van der Waals surface area (Å²) in [7, 11) is 1.39.